The minimum absolute atomic E-state index is 0.0271. The van der Waals surface area contributed by atoms with E-state index in [-0.39, 0.29) is 19.3 Å². The van der Waals surface area contributed by atoms with Crippen molar-refractivity contribution in [3.8, 4) is 0 Å². The molecule has 13 heteroatoms. The molecule has 2 rings (SSSR count). The number of hydrogen-bond acceptors (Lipinski definition) is 7. The Labute approximate surface area is 177 Å². The number of nitrogens with one attached hydrogen (secondary N) is 5. The van der Waals surface area contributed by atoms with Crippen LogP contribution in [0.2, 0.25) is 0 Å². The zero-order valence-corrected chi connectivity index (χ0v) is 16.7. The first-order chi connectivity index (χ1) is 14.8. The summed E-state index contributed by atoms with van der Waals surface area (Å²) < 4.78 is 0. The molecule has 7 N–H and O–H groups in total. The highest BCUT2D eigenvalue weighted by molar-refractivity contribution is 5.93. The number of carbonyl (C=O) groups is 5. The van der Waals surface area contributed by atoms with E-state index in [2.05, 4.69) is 31.2 Å². The van der Waals surface area contributed by atoms with E-state index in [0.29, 0.717) is 18.7 Å². The second kappa shape index (κ2) is 11.6. The number of aromatic nitrogens is 2. The Morgan fingerprint density at radius 3 is 2.52 bits per heavy atom. The van der Waals surface area contributed by atoms with Gasteiger partial charge in [-0.05, 0) is 25.8 Å². The standard InChI is InChI=1S/C18H26N6O7/c25-14(23-13(18(30)31)6-10-7-19-9-22-10)8-21-16(28)12(3-4-15(26)27)24-17(29)11-2-1-5-20-11/h7,9,11-13,20H,1-6,8H2,(H,19,22)(H,21,28)(H,23,25)(H,24,29)(H,26,27)(H,30,31). The normalized spacial score (nSPS) is 17.4. The fraction of sp³-hybridized carbons (Fsp3) is 0.556. The molecule has 1 saturated heterocycles. The van der Waals surface area contributed by atoms with Gasteiger partial charge >= 0.3 is 11.9 Å². The number of aliphatic carboxylic acids is 2. The minimum atomic E-state index is -1.26. The van der Waals surface area contributed by atoms with Crippen LogP contribution < -0.4 is 21.3 Å². The maximum Gasteiger partial charge on any atom is 0.326 e. The number of nitrogens with zero attached hydrogens (tertiary/aromatic N) is 1. The maximum atomic E-state index is 12.4. The van der Waals surface area contributed by atoms with Crippen molar-refractivity contribution in [3.63, 3.8) is 0 Å². The van der Waals surface area contributed by atoms with Gasteiger partial charge in [-0.1, -0.05) is 0 Å². The quantitative estimate of drug-likeness (QED) is 0.188. The second-order valence-corrected chi connectivity index (χ2v) is 7.10. The molecule has 3 unspecified atom stereocenters. The van der Waals surface area contributed by atoms with Gasteiger partial charge in [-0.25, -0.2) is 9.78 Å². The fourth-order valence-corrected chi connectivity index (χ4v) is 3.07. The van der Waals surface area contributed by atoms with Crippen LogP contribution in [0, 0.1) is 0 Å². The van der Waals surface area contributed by atoms with E-state index in [4.69, 9.17) is 5.11 Å². The van der Waals surface area contributed by atoms with Gasteiger partial charge in [0.1, 0.15) is 12.1 Å². The summed E-state index contributed by atoms with van der Waals surface area (Å²) >= 11 is 0. The Bertz CT molecular complexity index is 791. The van der Waals surface area contributed by atoms with Crippen LogP contribution in [0.3, 0.4) is 0 Å². The van der Waals surface area contributed by atoms with Crippen molar-refractivity contribution in [2.45, 2.75) is 50.2 Å². The Kier molecular flexibility index (Phi) is 8.94. The molecular weight excluding hydrogens is 412 g/mol. The molecule has 0 spiro atoms. The first kappa shape index (κ1) is 23.8. The summed E-state index contributed by atoms with van der Waals surface area (Å²) in [4.78, 5) is 65.5. The zero-order valence-electron chi connectivity index (χ0n) is 16.7. The highest BCUT2D eigenvalue weighted by atomic mass is 16.4. The molecule has 1 aromatic rings. The molecule has 1 fully saturated rings. The van der Waals surface area contributed by atoms with Gasteiger partial charge in [0.25, 0.3) is 0 Å². The first-order valence-electron chi connectivity index (χ1n) is 9.79. The van der Waals surface area contributed by atoms with Gasteiger partial charge in [-0.2, -0.15) is 0 Å². The van der Waals surface area contributed by atoms with E-state index in [9.17, 15) is 29.1 Å². The molecule has 0 saturated carbocycles. The Morgan fingerprint density at radius 2 is 1.94 bits per heavy atom. The van der Waals surface area contributed by atoms with E-state index in [1.165, 1.54) is 12.5 Å². The minimum Gasteiger partial charge on any atom is -0.481 e. The molecule has 0 radical (unpaired) electrons. The number of hydrogen-bond donors (Lipinski definition) is 7. The van der Waals surface area contributed by atoms with E-state index < -0.39 is 54.3 Å². The molecule has 1 aromatic heterocycles. The van der Waals surface area contributed by atoms with Crippen molar-refractivity contribution in [2.24, 2.45) is 0 Å². The number of H-pyrrole nitrogens is 1. The fourth-order valence-electron chi connectivity index (χ4n) is 3.07. The number of amides is 3. The molecule has 2 heterocycles. The van der Waals surface area contributed by atoms with Crippen molar-refractivity contribution in [1.29, 1.82) is 0 Å². The summed E-state index contributed by atoms with van der Waals surface area (Å²) in [6.45, 7) is 0.139. The Hall–Kier alpha value is -3.48. The van der Waals surface area contributed by atoms with Crippen LogP contribution in [-0.2, 0) is 30.4 Å². The molecule has 3 atom stereocenters. The monoisotopic (exact) mass is 438 g/mol. The lowest BCUT2D eigenvalue weighted by Gasteiger charge is -2.20. The van der Waals surface area contributed by atoms with Crippen molar-refractivity contribution < 1.29 is 34.2 Å². The van der Waals surface area contributed by atoms with Crippen molar-refractivity contribution in [1.82, 2.24) is 31.2 Å². The number of carboxylic acid groups (broad SMARTS) is 2. The lowest BCUT2D eigenvalue weighted by Crippen LogP contribution is -2.53. The number of aromatic amines is 1. The lowest BCUT2D eigenvalue weighted by molar-refractivity contribution is -0.141. The van der Waals surface area contributed by atoms with Crippen molar-refractivity contribution in [2.75, 3.05) is 13.1 Å². The highest BCUT2D eigenvalue weighted by Gasteiger charge is 2.28. The third-order valence-corrected chi connectivity index (χ3v) is 4.69. The SMILES string of the molecule is O=C(O)CCC(NC(=O)C1CCCN1)C(=O)NCC(=O)NC(Cc1cnc[nH]1)C(=O)O. The van der Waals surface area contributed by atoms with E-state index in [1.807, 2.05) is 0 Å². The van der Waals surface area contributed by atoms with Crippen molar-refractivity contribution >= 4 is 29.7 Å². The van der Waals surface area contributed by atoms with Crippen LogP contribution in [0.1, 0.15) is 31.4 Å². The molecule has 0 aromatic carbocycles. The molecule has 1 aliphatic heterocycles. The summed E-state index contributed by atoms with van der Waals surface area (Å²) in [6, 6.07) is -2.83. The lowest BCUT2D eigenvalue weighted by atomic mass is 10.1. The van der Waals surface area contributed by atoms with Gasteiger partial charge in [0.05, 0.1) is 18.9 Å². The van der Waals surface area contributed by atoms with Gasteiger partial charge in [0, 0.05) is 24.7 Å². The summed E-state index contributed by atoms with van der Waals surface area (Å²) in [5, 5.41) is 28.2. The number of carboxylic acids is 2. The van der Waals surface area contributed by atoms with Gasteiger partial charge in [-0.3, -0.25) is 19.2 Å². The van der Waals surface area contributed by atoms with Gasteiger partial charge in [0.2, 0.25) is 17.7 Å². The van der Waals surface area contributed by atoms with Gasteiger partial charge in [0.15, 0.2) is 0 Å². The van der Waals surface area contributed by atoms with E-state index in [0.717, 1.165) is 6.42 Å². The average Bonchev–Trinajstić information content (AvgIpc) is 3.42. The Balaban J connectivity index is 1.88. The summed E-state index contributed by atoms with van der Waals surface area (Å²) in [7, 11) is 0. The first-order valence-corrected chi connectivity index (χ1v) is 9.79. The van der Waals surface area contributed by atoms with Crippen LogP contribution in [-0.4, -0.2) is 81.1 Å². The van der Waals surface area contributed by atoms with Crippen LogP contribution in [0.4, 0.5) is 0 Å². The summed E-state index contributed by atoms with van der Waals surface area (Å²) in [5.74, 6) is -4.29. The predicted octanol–water partition coefficient (Wildman–Crippen LogP) is -2.26. The average molecular weight is 438 g/mol. The van der Waals surface area contributed by atoms with Crippen LogP contribution >= 0.6 is 0 Å². The topological polar surface area (TPSA) is 203 Å². The predicted molar refractivity (Wildman–Crippen MR) is 105 cm³/mol. The second-order valence-electron chi connectivity index (χ2n) is 7.10. The van der Waals surface area contributed by atoms with Crippen molar-refractivity contribution in [3.05, 3.63) is 18.2 Å². The third-order valence-electron chi connectivity index (χ3n) is 4.69. The van der Waals surface area contributed by atoms with Gasteiger partial charge in [-0.15, -0.1) is 0 Å². The van der Waals surface area contributed by atoms with Crippen LogP contribution in [0.25, 0.3) is 0 Å². The van der Waals surface area contributed by atoms with Crippen LogP contribution in [0.15, 0.2) is 12.5 Å². The molecule has 3 amide bonds. The number of rotatable bonds is 12. The highest BCUT2D eigenvalue weighted by Crippen LogP contribution is 2.07. The van der Waals surface area contributed by atoms with Gasteiger partial charge < -0.3 is 36.5 Å². The summed E-state index contributed by atoms with van der Waals surface area (Å²) in [6.07, 6.45) is 3.69. The zero-order chi connectivity index (χ0) is 22.8. The largest absolute Gasteiger partial charge is 0.481 e. The molecule has 0 bridgehead atoms. The molecular formula is C18H26N6O7. The molecule has 1 aliphatic rings. The van der Waals surface area contributed by atoms with E-state index in [1.54, 1.807) is 0 Å². The van der Waals surface area contributed by atoms with E-state index >= 15 is 0 Å². The maximum absolute atomic E-state index is 12.4. The smallest absolute Gasteiger partial charge is 0.326 e. The molecule has 170 valence electrons. The number of carbonyl (C=O) groups excluding carboxylic acids is 3. The number of imidazole rings is 1. The molecule has 13 nitrogen and oxygen atoms in total. The molecule has 0 aliphatic carbocycles. The summed E-state index contributed by atoms with van der Waals surface area (Å²) in [5.41, 5.74) is 0.508. The van der Waals surface area contributed by atoms with Crippen LogP contribution in [0.5, 0.6) is 0 Å². The third kappa shape index (κ3) is 8.04. The molecule has 31 heavy (non-hydrogen) atoms. The Morgan fingerprint density at radius 1 is 1.16 bits per heavy atom.